The molecule has 1 atom stereocenters. The number of aryl methyl sites for hydroxylation is 2. The van der Waals surface area contributed by atoms with E-state index in [0.717, 1.165) is 0 Å². The lowest BCUT2D eigenvalue weighted by Gasteiger charge is -2.09. The fourth-order valence-electron chi connectivity index (χ4n) is 1.79. The molecule has 2 N–H and O–H groups in total. The zero-order valence-electron chi connectivity index (χ0n) is 11.6. The van der Waals surface area contributed by atoms with Gasteiger partial charge in [-0.2, -0.15) is 0 Å². The number of carbonyl (C=O) groups is 1. The molecule has 0 fully saturated rings. The van der Waals surface area contributed by atoms with Crippen molar-refractivity contribution in [1.29, 1.82) is 0 Å². The topological polar surface area (TPSA) is 89.5 Å². The molecule has 0 aromatic carbocycles. The van der Waals surface area contributed by atoms with Crippen molar-refractivity contribution in [3.63, 3.8) is 0 Å². The van der Waals surface area contributed by atoms with Gasteiger partial charge in [0.1, 0.15) is 23.2 Å². The Bertz CT molecular complexity index is 603. The number of nitrogens with zero attached hydrogens (tertiary/aromatic N) is 2. The van der Waals surface area contributed by atoms with Crippen molar-refractivity contribution in [1.82, 2.24) is 15.1 Å². The number of aromatic nitrogens is 2. The van der Waals surface area contributed by atoms with Crippen molar-refractivity contribution in [2.75, 3.05) is 13.7 Å². The van der Waals surface area contributed by atoms with Gasteiger partial charge >= 0.3 is 0 Å². The highest BCUT2D eigenvalue weighted by Crippen LogP contribution is 2.17. The third-order valence-corrected chi connectivity index (χ3v) is 2.78. The Labute approximate surface area is 116 Å². The van der Waals surface area contributed by atoms with Crippen LogP contribution in [-0.2, 0) is 7.05 Å². The number of rotatable bonds is 5. The van der Waals surface area contributed by atoms with Crippen LogP contribution < -0.4 is 10.1 Å². The molecule has 0 saturated carbocycles. The van der Waals surface area contributed by atoms with Gasteiger partial charge in [0, 0.05) is 13.2 Å². The summed E-state index contributed by atoms with van der Waals surface area (Å²) in [4.78, 5) is 12.0. The average Bonchev–Trinajstić information content (AvgIpc) is 3.01. The van der Waals surface area contributed by atoms with Crippen molar-refractivity contribution >= 4 is 5.91 Å². The highest BCUT2D eigenvalue weighted by Gasteiger charge is 2.18. The Kier molecular flexibility index (Phi) is 4.09. The van der Waals surface area contributed by atoms with Crippen molar-refractivity contribution in [2.45, 2.75) is 13.0 Å². The molecule has 7 heteroatoms. The molecule has 1 amide bonds. The summed E-state index contributed by atoms with van der Waals surface area (Å²) in [6.07, 6.45) is 0.660. The second-order valence-electron chi connectivity index (χ2n) is 4.40. The van der Waals surface area contributed by atoms with Crippen LogP contribution in [0.15, 0.2) is 22.7 Å². The number of ether oxygens (including phenoxy) is 1. The second kappa shape index (κ2) is 5.79. The number of hydrogen-bond acceptors (Lipinski definition) is 5. The van der Waals surface area contributed by atoms with Gasteiger partial charge < -0.3 is 19.6 Å². The average molecular weight is 279 g/mol. The molecule has 2 heterocycles. The predicted molar refractivity (Wildman–Crippen MR) is 70.5 cm³/mol. The van der Waals surface area contributed by atoms with E-state index >= 15 is 0 Å². The summed E-state index contributed by atoms with van der Waals surface area (Å²) in [5, 5.41) is 16.5. The monoisotopic (exact) mass is 279 g/mol. The van der Waals surface area contributed by atoms with Gasteiger partial charge in [0.25, 0.3) is 5.91 Å². The van der Waals surface area contributed by atoms with Crippen molar-refractivity contribution < 1.29 is 19.1 Å². The minimum atomic E-state index is -0.893. The van der Waals surface area contributed by atoms with E-state index in [-0.39, 0.29) is 18.3 Å². The number of aliphatic hydroxyl groups excluding tert-OH is 1. The number of nitrogens with one attached hydrogen (secondary N) is 1. The van der Waals surface area contributed by atoms with Gasteiger partial charge in [-0.05, 0) is 19.1 Å². The van der Waals surface area contributed by atoms with E-state index in [1.807, 2.05) is 0 Å². The summed E-state index contributed by atoms with van der Waals surface area (Å²) in [7, 11) is 3.14. The summed E-state index contributed by atoms with van der Waals surface area (Å²) < 4.78 is 11.8. The van der Waals surface area contributed by atoms with E-state index in [0.29, 0.717) is 17.1 Å². The Morgan fingerprint density at radius 3 is 2.95 bits per heavy atom. The molecule has 2 aromatic heterocycles. The Balaban J connectivity index is 1.98. The van der Waals surface area contributed by atoms with Crippen LogP contribution in [0.2, 0.25) is 0 Å². The third-order valence-electron chi connectivity index (χ3n) is 2.78. The molecule has 0 aliphatic carbocycles. The smallest absolute Gasteiger partial charge is 0.258 e. The maximum atomic E-state index is 12.0. The maximum absolute atomic E-state index is 12.0. The molecular weight excluding hydrogens is 262 g/mol. The lowest BCUT2D eigenvalue weighted by molar-refractivity contribution is 0.0897. The second-order valence-corrected chi connectivity index (χ2v) is 4.40. The van der Waals surface area contributed by atoms with E-state index < -0.39 is 6.10 Å². The molecule has 20 heavy (non-hydrogen) atoms. The summed E-state index contributed by atoms with van der Waals surface area (Å²) in [6, 6.07) is 3.43. The predicted octanol–water partition coefficient (Wildman–Crippen LogP) is 0.794. The Morgan fingerprint density at radius 2 is 2.35 bits per heavy atom. The van der Waals surface area contributed by atoms with Crippen LogP contribution in [0.25, 0.3) is 0 Å². The Hall–Kier alpha value is -2.28. The number of hydrogen-bond donors (Lipinski definition) is 2. The van der Waals surface area contributed by atoms with Crippen LogP contribution in [0.1, 0.15) is 28.0 Å². The highest BCUT2D eigenvalue weighted by molar-refractivity contribution is 5.96. The lowest BCUT2D eigenvalue weighted by atomic mass is 10.2. The van der Waals surface area contributed by atoms with Gasteiger partial charge in [-0.15, -0.1) is 5.10 Å². The van der Waals surface area contributed by atoms with E-state index in [9.17, 15) is 9.90 Å². The molecule has 2 aromatic rings. The molecule has 0 aliphatic heterocycles. The fraction of sp³-hybridized carbons (Fsp3) is 0.385. The van der Waals surface area contributed by atoms with Gasteiger partial charge in [-0.1, -0.05) is 0 Å². The molecular formula is C13H17N3O4. The van der Waals surface area contributed by atoms with E-state index in [2.05, 4.69) is 10.4 Å². The van der Waals surface area contributed by atoms with E-state index in [1.54, 1.807) is 32.3 Å². The minimum absolute atomic E-state index is 0.0455. The van der Waals surface area contributed by atoms with Crippen LogP contribution in [0.5, 0.6) is 5.88 Å². The van der Waals surface area contributed by atoms with Gasteiger partial charge in [0.05, 0.1) is 13.7 Å². The molecule has 1 unspecified atom stereocenters. The largest absolute Gasteiger partial charge is 0.479 e. The third kappa shape index (κ3) is 3.00. The van der Waals surface area contributed by atoms with Gasteiger partial charge in [0.2, 0.25) is 5.88 Å². The first-order valence-electron chi connectivity index (χ1n) is 6.11. The van der Waals surface area contributed by atoms with Crippen LogP contribution in [0.3, 0.4) is 0 Å². The van der Waals surface area contributed by atoms with Crippen molar-refractivity contribution in [3.05, 3.63) is 35.4 Å². The molecule has 0 bridgehead atoms. The SMILES string of the molecule is COc1nn(C)cc1C(=O)NCC(O)c1ccc(C)o1. The van der Waals surface area contributed by atoms with Gasteiger partial charge in [0.15, 0.2) is 0 Å². The summed E-state index contributed by atoms with van der Waals surface area (Å²) in [5.74, 6) is 1.01. The molecule has 2 rings (SSSR count). The first kappa shape index (κ1) is 14.1. The maximum Gasteiger partial charge on any atom is 0.258 e. The molecule has 0 saturated heterocycles. The van der Waals surface area contributed by atoms with Gasteiger partial charge in [-0.3, -0.25) is 9.48 Å². The van der Waals surface area contributed by atoms with Crippen LogP contribution in [-0.4, -0.2) is 34.4 Å². The first-order chi connectivity index (χ1) is 9.51. The van der Waals surface area contributed by atoms with Crippen LogP contribution in [0.4, 0.5) is 0 Å². The van der Waals surface area contributed by atoms with E-state index in [4.69, 9.17) is 9.15 Å². The molecule has 0 radical (unpaired) electrons. The summed E-state index contributed by atoms with van der Waals surface area (Å²) >= 11 is 0. The number of carbonyl (C=O) groups excluding carboxylic acids is 1. The molecule has 0 aliphatic rings. The number of amides is 1. The quantitative estimate of drug-likeness (QED) is 0.844. The number of furan rings is 1. The molecule has 0 spiro atoms. The van der Waals surface area contributed by atoms with Crippen molar-refractivity contribution in [2.24, 2.45) is 7.05 Å². The molecule has 7 nitrogen and oxygen atoms in total. The van der Waals surface area contributed by atoms with E-state index in [1.165, 1.54) is 11.8 Å². The highest BCUT2D eigenvalue weighted by atomic mass is 16.5. The zero-order valence-corrected chi connectivity index (χ0v) is 11.6. The zero-order chi connectivity index (χ0) is 14.7. The number of aliphatic hydroxyl groups is 1. The molecule has 108 valence electrons. The standard InChI is InChI=1S/C13H17N3O4/c1-8-4-5-11(20-8)10(17)6-14-12(18)9-7-16(2)15-13(9)19-3/h4-5,7,10,17H,6H2,1-3H3,(H,14,18). The fourth-order valence-corrected chi connectivity index (χ4v) is 1.79. The van der Waals surface area contributed by atoms with Crippen LogP contribution >= 0.6 is 0 Å². The van der Waals surface area contributed by atoms with Crippen molar-refractivity contribution in [3.8, 4) is 5.88 Å². The van der Waals surface area contributed by atoms with Gasteiger partial charge in [-0.25, -0.2) is 0 Å². The first-order valence-corrected chi connectivity index (χ1v) is 6.11. The lowest BCUT2D eigenvalue weighted by Crippen LogP contribution is -2.28. The summed E-state index contributed by atoms with van der Waals surface area (Å²) in [6.45, 7) is 1.83. The number of methoxy groups -OCH3 is 1. The Morgan fingerprint density at radius 1 is 1.60 bits per heavy atom. The summed E-state index contributed by atoms with van der Waals surface area (Å²) in [5.41, 5.74) is 0.317. The van der Waals surface area contributed by atoms with Crippen LogP contribution in [0, 0.1) is 6.92 Å². The minimum Gasteiger partial charge on any atom is -0.479 e. The normalized spacial score (nSPS) is 12.2.